The van der Waals surface area contributed by atoms with Crippen molar-refractivity contribution in [3.05, 3.63) is 22.6 Å². The molecule has 1 aliphatic heterocycles. The molecule has 1 aliphatic rings. The van der Waals surface area contributed by atoms with Crippen LogP contribution in [0.4, 0.5) is 0 Å². The van der Waals surface area contributed by atoms with Gasteiger partial charge < -0.3 is 14.6 Å². The maximum atomic E-state index is 12.3. The topological polar surface area (TPSA) is 62.6 Å². The Kier molecular flexibility index (Phi) is 4.86. The summed E-state index contributed by atoms with van der Waals surface area (Å²) in [5, 5.41) is 3.02. The molecule has 1 aromatic heterocycles. The van der Waals surface area contributed by atoms with Crippen LogP contribution in [-0.2, 0) is 4.79 Å². The number of nitrogens with one attached hydrogen (secondary N) is 1. The zero-order valence-electron chi connectivity index (χ0n) is 11.7. The number of rotatable bonds is 3. The largest absolute Gasteiger partial charge is 0.457 e. The molecule has 0 aliphatic carbocycles. The predicted octanol–water partition coefficient (Wildman–Crippen LogP) is 2.42. The van der Waals surface area contributed by atoms with Gasteiger partial charge in [-0.05, 0) is 34.8 Å². The molecule has 1 fully saturated rings. The second-order valence-corrected chi connectivity index (χ2v) is 6.06. The van der Waals surface area contributed by atoms with E-state index in [9.17, 15) is 9.59 Å². The smallest absolute Gasteiger partial charge is 0.258 e. The molecule has 0 spiro atoms. The van der Waals surface area contributed by atoms with E-state index in [4.69, 9.17) is 4.42 Å². The van der Waals surface area contributed by atoms with E-state index in [-0.39, 0.29) is 23.8 Å². The highest BCUT2D eigenvalue weighted by atomic mass is 79.9. The van der Waals surface area contributed by atoms with Crippen LogP contribution in [0.15, 0.2) is 21.4 Å². The maximum Gasteiger partial charge on any atom is 0.258 e. The van der Waals surface area contributed by atoms with Crippen LogP contribution >= 0.6 is 15.9 Å². The monoisotopic (exact) mass is 342 g/mol. The first-order valence-corrected chi connectivity index (χ1v) is 7.61. The highest BCUT2D eigenvalue weighted by Gasteiger charge is 2.26. The lowest BCUT2D eigenvalue weighted by atomic mass is 10.0. The Balaban J connectivity index is 1.87. The molecule has 0 atom stereocenters. The normalized spacial score (nSPS) is 16.5. The van der Waals surface area contributed by atoms with E-state index in [0.717, 1.165) is 12.8 Å². The third kappa shape index (κ3) is 3.42. The summed E-state index contributed by atoms with van der Waals surface area (Å²) < 4.78 is 5.56. The van der Waals surface area contributed by atoms with Crippen molar-refractivity contribution in [3.63, 3.8) is 0 Å². The fourth-order valence-electron chi connectivity index (χ4n) is 2.21. The van der Waals surface area contributed by atoms with E-state index in [1.54, 1.807) is 11.0 Å². The van der Waals surface area contributed by atoms with Gasteiger partial charge in [-0.25, -0.2) is 0 Å². The Bertz CT molecular complexity index is 490. The average molecular weight is 343 g/mol. The number of carbonyl (C=O) groups is 2. The first-order chi connectivity index (χ1) is 9.49. The van der Waals surface area contributed by atoms with Gasteiger partial charge in [0, 0.05) is 25.0 Å². The summed E-state index contributed by atoms with van der Waals surface area (Å²) in [5.41, 5.74) is 0.551. The van der Waals surface area contributed by atoms with Gasteiger partial charge in [-0.3, -0.25) is 9.59 Å². The number of carbonyl (C=O) groups excluding carboxylic acids is 2. The molecule has 0 unspecified atom stereocenters. The Hall–Kier alpha value is -1.30. The number of hydrogen-bond acceptors (Lipinski definition) is 3. The number of nitrogens with zero attached hydrogens (tertiary/aromatic N) is 1. The van der Waals surface area contributed by atoms with E-state index in [1.807, 2.05) is 13.8 Å². The van der Waals surface area contributed by atoms with Crippen molar-refractivity contribution in [2.24, 2.45) is 5.92 Å². The van der Waals surface area contributed by atoms with Gasteiger partial charge in [-0.2, -0.15) is 0 Å². The van der Waals surface area contributed by atoms with E-state index >= 15 is 0 Å². The number of piperidine rings is 1. The highest BCUT2D eigenvalue weighted by Crippen LogP contribution is 2.21. The molecule has 0 bridgehead atoms. The van der Waals surface area contributed by atoms with E-state index in [0.29, 0.717) is 23.3 Å². The molecule has 2 amide bonds. The highest BCUT2D eigenvalue weighted by molar-refractivity contribution is 9.10. The van der Waals surface area contributed by atoms with Gasteiger partial charge in [0.1, 0.15) is 0 Å². The van der Waals surface area contributed by atoms with Crippen molar-refractivity contribution in [2.75, 3.05) is 13.1 Å². The second kappa shape index (κ2) is 6.43. The first-order valence-electron chi connectivity index (χ1n) is 6.81. The van der Waals surface area contributed by atoms with Gasteiger partial charge in [-0.1, -0.05) is 13.8 Å². The van der Waals surface area contributed by atoms with Crippen molar-refractivity contribution in [2.45, 2.75) is 32.7 Å². The van der Waals surface area contributed by atoms with Crippen LogP contribution in [0.3, 0.4) is 0 Å². The van der Waals surface area contributed by atoms with Crippen LogP contribution in [-0.4, -0.2) is 35.8 Å². The summed E-state index contributed by atoms with van der Waals surface area (Å²) in [4.78, 5) is 25.7. The minimum Gasteiger partial charge on any atom is -0.457 e. The van der Waals surface area contributed by atoms with Crippen LogP contribution in [0.5, 0.6) is 0 Å². The molecule has 2 rings (SSSR count). The van der Waals surface area contributed by atoms with Crippen molar-refractivity contribution in [1.82, 2.24) is 10.2 Å². The summed E-state index contributed by atoms with van der Waals surface area (Å²) in [6.07, 6.45) is 3.08. The molecule has 0 radical (unpaired) electrons. The summed E-state index contributed by atoms with van der Waals surface area (Å²) >= 11 is 3.22. The number of likely N-dealkylation sites (tertiary alicyclic amines) is 1. The SMILES string of the molecule is CC(C)C(=O)NC1CCN(C(=O)c2ccoc2Br)CC1. The Labute approximate surface area is 126 Å². The summed E-state index contributed by atoms with van der Waals surface area (Å²) in [5.74, 6) is 0.0446. The van der Waals surface area contributed by atoms with E-state index < -0.39 is 0 Å². The minimum atomic E-state index is -0.0285. The minimum absolute atomic E-state index is 0.00320. The Morgan fingerprint density at radius 3 is 2.55 bits per heavy atom. The third-order valence-electron chi connectivity index (χ3n) is 3.50. The van der Waals surface area contributed by atoms with Gasteiger partial charge in [0.25, 0.3) is 5.91 Å². The number of amides is 2. The quantitative estimate of drug-likeness (QED) is 0.917. The van der Waals surface area contributed by atoms with Crippen molar-refractivity contribution < 1.29 is 14.0 Å². The molecule has 5 nitrogen and oxygen atoms in total. The van der Waals surface area contributed by atoms with Crippen molar-refractivity contribution >= 4 is 27.7 Å². The molecule has 110 valence electrons. The number of halogens is 1. The standard InChI is InChI=1S/C14H19BrN2O3/c1-9(2)13(18)16-10-3-6-17(7-4-10)14(19)11-5-8-20-12(11)15/h5,8-10H,3-4,6-7H2,1-2H3,(H,16,18). The summed E-state index contributed by atoms with van der Waals surface area (Å²) in [6, 6.07) is 1.83. The van der Waals surface area contributed by atoms with E-state index in [2.05, 4.69) is 21.2 Å². The first kappa shape index (κ1) is 15.1. The molecule has 0 saturated carbocycles. The van der Waals surface area contributed by atoms with Crippen LogP contribution < -0.4 is 5.32 Å². The van der Waals surface area contributed by atoms with Gasteiger partial charge in [0.05, 0.1) is 11.8 Å². The Morgan fingerprint density at radius 1 is 1.40 bits per heavy atom. The van der Waals surface area contributed by atoms with Crippen molar-refractivity contribution in [1.29, 1.82) is 0 Å². The molecule has 1 saturated heterocycles. The van der Waals surface area contributed by atoms with E-state index in [1.165, 1.54) is 6.26 Å². The molecule has 20 heavy (non-hydrogen) atoms. The van der Waals surface area contributed by atoms with Crippen LogP contribution in [0.1, 0.15) is 37.0 Å². The van der Waals surface area contributed by atoms with Gasteiger partial charge >= 0.3 is 0 Å². The molecular weight excluding hydrogens is 324 g/mol. The molecule has 1 N–H and O–H groups in total. The third-order valence-corrected chi connectivity index (χ3v) is 4.12. The lowest BCUT2D eigenvalue weighted by Crippen LogP contribution is -2.47. The lowest BCUT2D eigenvalue weighted by Gasteiger charge is -2.32. The number of hydrogen-bond donors (Lipinski definition) is 1. The summed E-state index contributed by atoms with van der Waals surface area (Å²) in [7, 11) is 0. The van der Waals surface area contributed by atoms with Crippen LogP contribution in [0, 0.1) is 5.92 Å². The fraction of sp³-hybridized carbons (Fsp3) is 0.571. The zero-order chi connectivity index (χ0) is 14.7. The second-order valence-electron chi connectivity index (χ2n) is 5.34. The van der Waals surface area contributed by atoms with Gasteiger partial charge in [-0.15, -0.1) is 0 Å². The van der Waals surface area contributed by atoms with Crippen LogP contribution in [0.25, 0.3) is 0 Å². The average Bonchev–Trinajstić information content (AvgIpc) is 2.85. The van der Waals surface area contributed by atoms with Gasteiger partial charge in [0.15, 0.2) is 4.67 Å². The maximum absolute atomic E-state index is 12.3. The van der Waals surface area contributed by atoms with Crippen LogP contribution in [0.2, 0.25) is 0 Å². The summed E-state index contributed by atoms with van der Waals surface area (Å²) in [6.45, 7) is 5.06. The Morgan fingerprint density at radius 2 is 2.05 bits per heavy atom. The number of furan rings is 1. The molecule has 1 aromatic rings. The van der Waals surface area contributed by atoms with Crippen molar-refractivity contribution in [3.8, 4) is 0 Å². The molecular formula is C14H19BrN2O3. The fourth-order valence-corrected chi connectivity index (χ4v) is 2.62. The lowest BCUT2D eigenvalue weighted by molar-refractivity contribution is -0.124. The zero-order valence-corrected chi connectivity index (χ0v) is 13.3. The molecule has 6 heteroatoms. The predicted molar refractivity (Wildman–Crippen MR) is 78.3 cm³/mol. The van der Waals surface area contributed by atoms with Gasteiger partial charge in [0.2, 0.25) is 5.91 Å². The molecule has 0 aromatic carbocycles. The molecule has 2 heterocycles.